The molecule has 0 fully saturated rings. The Balaban J connectivity index is 1.88. The van der Waals surface area contributed by atoms with E-state index in [2.05, 4.69) is 16.2 Å². The molecule has 0 aromatic heterocycles. The molecule has 0 heterocycles. The zero-order valence-electron chi connectivity index (χ0n) is 9.81. The lowest BCUT2D eigenvalue weighted by atomic mass is 10.3. The van der Waals surface area contributed by atoms with Gasteiger partial charge in [0, 0.05) is 11.4 Å². The van der Waals surface area contributed by atoms with E-state index in [4.69, 9.17) is 12.2 Å². The van der Waals surface area contributed by atoms with Crippen LogP contribution in [0.1, 0.15) is 0 Å². The molecule has 2 aromatic rings. The average Bonchev–Trinajstić information content (AvgIpc) is 2.40. The van der Waals surface area contributed by atoms with E-state index in [9.17, 15) is 9.50 Å². The monoisotopic (exact) mass is 276 g/mol. The summed E-state index contributed by atoms with van der Waals surface area (Å²) in [6, 6.07) is 12.2. The molecule has 0 aliphatic carbocycles. The minimum atomic E-state index is -0.317. The maximum absolute atomic E-state index is 12.7. The molecule has 6 heteroatoms. The van der Waals surface area contributed by atoms with E-state index in [-0.39, 0.29) is 16.7 Å². The lowest BCUT2D eigenvalue weighted by Gasteiger charge is -2.17. The van der Waals surface area contributed by atoms with Gasteiger partial charge >= 0.3 is 0 Å². The fourth-order valence-electron chi connectivity index (χ4n) is 1.39. The van der Waals surface area contributed by atoms with E-state index in [1.54, 1.807) is 30.3 Å². The maximum Gasteiger partial charge on any atom is 0.189 e. The molecule has 0 saturated carbocycles. The smallest absolute Gasteiger partial charge is 0.189 e. The normalized spacial score (nSPS) is 9.74. The first-order valence-electron chi connectivity index (χ1n) is 5.50. The molecular weight excluding hydrogens is 265 g/mol. The summed E-state index contributed by atoms with van der Waals surface area (Å²) < 4.78 is 12.7. The highest BCUT2D eigenvalue weighted by Crippen LogP contribution is 2.17. The molecule has 0 bridgehead atoms. The van der Waals surface area contributed by atoms with Crippen LogP contribution in [0.25, 0.3) is 0 Å². The van der Waals surface area contributed by atoms with E-state index in [1.807, 2.05) is 0 Å². The minimum Gasteiger partial charge on any atom is -0.871 e. The van der Waals surface area contributed by atoms with Crippen LogP contribution in [0.15, 0.2) is 48.5 Å². The van der Waals surface area contributed by atoms with Gasteiger partial charge in [0.2, 0.25) is 0 Å². The van der Waals surface area contributed by atoms with E-state index in [0.29, 0.717) is 11.4 Å². The summed E-state index contributed by atoms with van der Waals surface area (Å²) in [5.74, 6) is -0.456. The van der Waals surface area contributed by atoms with Crippen LogP contribution in [0.3, 0.4) is 0 Å². The van der Waals surface area contributed by atoms with E-state index >= 15 is 0 Å². The lowest BCUT2D eigenvalue weighted by Crippen LogP contribution is -2.33. The molecule has 4 nitrogen and oxygen atoms in total. The zero-order valence-corrected chi connectivity index (χ0v) is 10.6. The van der Waals surface area contributed by atoms with Crippen molar-refractivity contribution in [2.45, 2.75) is 0 Å². The molecule has 0 amide bonds. The van der Waals surface area contributed by atoms with Gasteiger partial charge in [0.05, 0.1) is 0 Å². The molecule has 0 spiro atoms. The van der Waals surface area contributed by atoms with Gasteiger partial charge in [-0.05, 0) is 42.5 Å². The van der Waals surface area contributed by atoms with Gasteiger partial charge in [0.15, 0.2) is 5.11 Å². The molecule has 2 aromatic carbocycles. The molecule has 0 atom stereocenters. The first-order valence-corrected chi connectivity index (χ1v) is 5.90. The van der Waals surface area contributed by atoms with Crippen LogP contribution in [0.4, 0.5) is 15.8 Å². The predicted octanol–water partition coefficient (Wildman–Crippen LogP) is 2.21. The Labute approximate surface area is 115 Å². The van der Waals surface area contributed by atoms with Crippen LogP contribution in [0.2, 0.25) is 0 Å². The summed E-state index contributed by atoms with van der Waals surface area (Å²) >= 11 is 5.03. The molecule has 19 heavy (non-hydrogen) atoms. The van der Waals surface area contributed by atoms with Crippen LogP contribution in [0, 0.1) is 5.82 Å². The molecule has 98 valence electrons. The summed E-state index contributed by atoms with van der Waals surface area (Å²) in [5, 5.41) is 14.5. The summed E-state index contributed by atoms with van der Waals surface area (Å²) in [5.41, 5.74) is 6.43. The Morgan fingerprint density at radius 1 is 1.05 bits per heavy atom. The van der Waals surface area contributed by atoms with E-state index < -0.39 is 0 Å². The van der Waals surface area contributed by atoms with Crippen molar-refractivity contribution in [3.05, 3.63) is 54.3 Å². The topological polar surface area (TPSA) is 59.1 Å². The highest BCUT2D eigenvalue weighted by molar-refractivity contribution is 7.80. The third-order valence-corrected chi connectivity index (χ3v) is 2.50. The second-order valence-corrected chi connectivity index (χ2v) is 4.12. The highest BCUT2D eigenvalue weighted by Gasteiger charge is 1.98. The fourth-order valence-corrected chi connectivity index (χ4v) is 1.56. The number of rotatable bonds is 3. The van der Waals surface area contributed by atoms with Crippen molar-refractivity contribution in [3.63, 3.8) is 0 Å². The molecule has 2 rings (SSSR count). The maximum atomic E-state index is 12.7. The first kappa shape index (κ1) is 13.1. The van der Waals surface area contributed by atoms with Crippen molar-refractivity contribution in [1.82, 2.24) is 5.43 Å². The standard InChI is InChI=1S/C13H12FN3OS/c14-9-5-7-10(8-6-9)15-13(19)17-16-11-3-1-2-4-12(11)18/h1-8,16,18H,(H2,15,17,19)/p-1. The van der Waals surface area contributed by atoms with Crippen molar-refractivity contribution in [1.29, 1.82) is 0 Å². The summed E-state index contributed by atoms with van der Waals surface area (Å²) in [7, 11) is 0. The quantitative estimate of drug-likeness (QED) is 0.593. The second-order valence-electron chi connectivity index (χ2n) is 3.71. The fraction of sp³-hybridized carbons (Fsp3) is 0. The molecule has 0 radical (unpaired) electrons. The van der Waals surface area contributed by atoms with Gasteiger partial charge in [-0.1, -0.05) is 23.9 Å². The van der Waals surface area contributed by atoms with Crippen LogP contribution < -0.4 is 21.3 Å². The Morgan fingerprint density at radius 2 is 1.74 bits per heavy atom. The van der Waals surface area contributed by atoms with E-state index in [0.717, 1.165) is 0 Å². The number of anilines is 2. The highest BCUT2D eigenvalue weighted by atomic mass is 32.1. The van der Waals surface area contributed by atoms with Crippen molar-refractivity contribution in [2.75, 3.05) is 10.7 Å². The third-order valence-electron chi connectivity index (χ3n) is 2.30. The van der Waals surface area contributed by atoms with Crippen molar-refractivity contribution < 1.29 is 9.50 Å². The number of benzene rings is 2. The predicted molar refractivity (Wildman–Crippen MR) is 75.3 cm³/mol. The number of hydrogen-bond donors (Lipinski definition) is 3. The SMILES string of the molecule is [O-]c1ccccc1NNC(=S)Nc1ccc(F)cc1. The van der Waals surface area contributed by atoms with Crippen LogP contribution in [-0.2, 0) is 0 Å². The summed E-state index contributed by atoms with van der Waals surface area (Å²) in [4.78, 5) is 0. The Morgan fingerprint density at radius 3 is 2.42 bits per heavy atom. The molecule has 0 aliphatic heterocycles. The largest absolute Gasteiger partial charge is 0.871 e. The van der Waals surface area contributed by atoms with Crippen molar-refractivity contribution in [3.8, 4) is 5.75 Å². The van der Waals surface area contributed by atoms with Gasteiger partial charge < -0.3 is 10.4 Å². The number of hydrogen-bond acceptors (Lipinski definition) is 3. The average molecular weight is 276 g/mol. The number of para-hydroxylation sites is 2. The molecule has 3 N–H and O–H groups in total. The van der Waals surface area contributed by atoms with Gasteiger partial charge in [-0.3, -0.25) is 10.9 Å². The minimum absolute atomic E-state index is 0.139. The van der Waals surface area contributed by atoms with Crippen molar-refractivity contribution >= 4 is 28.7 Å². The van der Waals surface area contributed by atoms with Crippen LogP contribution >= 0.6 is 12.2 Å². The number of nitrogens with one attached hydrogen (secondary N) is 3. The summed E-state index contributed by atoms with van der Waals surface area (Å²) in [6.07, 6.45) is 0. The number of thiocarbonyl (C=S) groups is 1. The van der Waals surface area contributed by atoms with Gasteiger partial charge in [-0.25, -0.2) is 4.39 Å². The molecule has 0 unspecified atom stereocenters. The Kier molecular flexibility index (Phi) is 4.15. The Hall–Kier alpha value is -2.34. The zero-order chi connectivity index (χ0) is 13.7. The van der Waals surface area contributed by atoms with Crippen LogP contribution in [-0.4, -0.2) is 5.11 Å². The van der Waals surface area contributed by atoms with E-state index in [1.165, 1.54) is 18.2 Å². The van der Waals surface area contributed by atoms with Crippen LogP contribution in [0.5, 0.6) is 5.75 Å². The van der Waals surface area contributed by atoms with Gasteiger partial charge in [0.1, 0.15) is 5.82 Å². The van der Waals surface area contributed by atoms with Crippen molar-refractivity contribution in [2.24, 2.45) is 0 Å². The van der Waals surface area contributed by atoms with Gasteiger partial charge in [-0.2, -0.15) is 0 Å². The third kappa shape index (κ3) is 3.82. The second kappa shape index (κ2) is 6.01. The number of halogens is 1. The van der Waals surface area contributed by atoms with Gasteiger partial charge in [0.25, 0.3) is 0 Å². The molecule has 0 saturated heterocycles. The number of hydrazine groups is 1. The van der Waals surface area contributed by atoms with Gasteiger partial charge in [-0.15, -0.1) is 0 Å². The molecule has 0 aliphatic rings. The first-order chi connectivity index (χ1) is 9.15. The Bertz CT molecular complexity index is 574. The molecular formula is C13H11FN3OS-. The lowest BCUT2D eigenvalue weighted by molar-refractivity contribution is -0.267. The summed E-state index contributed by atoms with van der Waals surface area (Å²) in [6.45, 7) is 0.